The summed E-state index contributed by atoms with van der Waals surface area (Å²) in [6.45, 7) is 0. The van der Waals surface area contributed by atoms with E-state index in [-0.39, 0.29) is 10.0 Å². The van der Waals surface area contributed by atoms with Crippen molar-refractivity contribution >= 4 is 66.4 Å². The van der Waals surface area contributed by atoms with Gasteiger partial charge in [0.05, 0.1) is 15.7 Å². The van der Waals surface area contributed by atoms with Crippen molar-refractivity contribution in [2.75, 3.05) is 24.7 Å². The Balaban J connectivity index is 0.000000224. The summed E-state index contributed by atoms with van der Waals surface area (Å²) >= 11 is 17.3. The van der Waals surface area contributed by atoms with Crippen molar-refractivity contribution in [3.63, 3.8) is 0 Å². The van der Waals surface area contributed by atoms with Crippen molar-refractivity contribution in [2.24, 2.45) is 0 Å². The van der Waals surface area contributed by atoms with Gasteiger partial charge in [-0.15, -0.1) is 0 Å². The molecule has 0 atom stereocenters. The van der Waals surface area contributed by atoms with Gasteiger partial charge in [-0.05, 0) is 56.1 Å². The Morgan fingerprint density at radius 3 is 1.82 bits per heavy atom. The van der Waals surface area contributed by atoms with Gasteiger partial charge in [0, 0.05) is 28.7 Å². The van der Waals surface area contributed by atoms with Crippen LogP contribution in [0.15, 0.2) is 33.2 Å². The van der Waals surface area contributed by atoms with E-state index in [9.17, 15) is 8.78 Å². The van der Waals surface area contributed by atoms with Gasteiger partial charge >= 0.3 is 0 Å². The van der Waals surface area contributed by atoms with Crippen molar-refractivity contribution in [3.8, 4) is 0 Å². The van der Waals surface area contributed by atoms with Gasteiger partial charge in [0.2, 0.25) is 0 Å². The van der Waals surface area contributed by atoms with Crippen LogP contribution in [-0.4, -0.2) is 14.1 Å². The Bertz CT molecular complexity index is 632. The third kappa shape index (κ3) is 5.26. The van der Waals surface area contributed by atoms with Gasteiger partial charge in [-0.1, -0.05) is 23.2 Å². The quantitative estimate of drug-likeness (QED) is 0.396. The molecular formula is C14H12Br2Cl2F2N2. The first-order valence-electron chi connectivity index (χ1n) is 5.85. The van der Waals surface area contributed by atoms with Gasteiger partial charge in [0.15, 0.2) is 0 Å². The minimum Gasteiger partial charge on any atom is -0.398 e. The van der Waals surface area contributed by atoms with Crippen LogP contribution in [-0.2, 0) is 0 Å². The molecule has 0 saturated heterocycles. The second-order valence-electron chi connectivity index (χ2n) is 4.40. The molecule has 0 bridgehead atoms. The number of nitrogen functional groups attached to an aromatic ring is 1. The van der Waals surface area contributed by atoms with Crippen LogP contribution in [0, 0.1) is 11.6 Å². The molecule has 2 aromatic rings. The number of hydrogen-bond acceptors (Lipinski definition) is 2. The van der Waals surface area contributed by atoms with Gasteiger partial charge in [-0.2, -0.15) is 0 Å². The van der Waals surface area contributed by atoms with E-state index in [1.165, 1.54) is 18.2 Å². The SMILES string of the molecule is CN(C)c1cc(Cl)c(F)cc1Br.Nc1cc(Cl)c(F)cc1Br. The number of nitrogens with two attached hydrogens (primary N) is 1. The zero-order valence-corrected chi connectivity index (χ0v) is 16.3. The second kappa shape index (κ2) is 8.34. The van der Waals surface area contributed by atoms with Gasteiger partial charge in [-0.3, -0.25) is 0 Å². The summed E-state index contributed by atoms with van der Waals surface area (Å²) in [6.07, 6.45) is 0. The minimum atomic E-state index is -0.470. The van der Waals surface area contributed by atoms with Crippen LogP contribution in [0.25, 0.3) is 0 Å². The molecule has 0 aliphatic heterocycles. The summed E-state index contributed by atoms with van der Waals surface area (Å²) in [4.78, 5) is 1.86. The largest absolute Gasteiger partial charge is 0.398 e. The standard InChI is InChI=1S/C8H8BrClFN.C6H4BrClFN/c1-12(2)8-4-6(10)7(11)3-5(8)9;7-3-1-5(9)4(8)2-6(3)10/h3-4H,1-2H3;1-2H,10H2. The molecule has 2 N–H and O–H groups in total. The summed E-state index contributed by atoms with van der Waals surface area (Å²) < 4.78 is 26.6. The lowest BCUT2D eigenvalue weighted by Gasteiger charge is -2.14. The molecule has 0 unspecified atom stereocenters. The molecule has 0 spiro atoms. The number of nitrogens with zero attached hydrogens (tertiary/aromatic N) is 1. The summed E-state index contributed by atoms with van der Waals surface area (Å²) in [5.74, 6) is -0.878. The fraction of sp³-hybridized carbons (Fsp3) is 0.143. The maximum atomic E-state index is 12.8. The smallest absolute Gasteiger partial charge is 0.143 e. The first-order valence-corrected chi connectivity index (χ1v) is 8.19. The van der Waals surface area contributed by atoms with Crippen LogP contribution in [0.1, 0.15) is 0 Å². The Morgan fingerprint density at radius 2 is 1.36 bits per heavy atom. The first-order chi connectivity index (χ1) is 10.1. The van der Waals surface area contributed by atoms with Gasteiger partial charge < -0.3 is 10.6 Å². The van der Waals surface area contributed by atoms with E-state index in [0.717, 1.165) is 5.69 Å². The van der Waals surface area contributed by atoms with Gasteiger partial charge in [0.25, 0.3) is 0 Å². The summed E-state index contributed by atoms with van der Waals surface area (Å²) in [7, 11) is 3.74. The lowest BCUT2D eigenvalue weighted by atomic mass is 10.3. The summed E-state index contributed by atoms with van der Waals surface area (Å²) in [5.41, 5.74) is 6.69. The van der Waals surface area contributed by atoms with Crippen LogP contribution in [0.5, 0.6) is 0 Å². The Hall–Kier alpha value is -0.560. The van der Waals surface area contributed by atoms with Gasteiger partial charge in [0.1, 0.15) is 11.6 Å². The van der Waals surface area contributed by atoms with Crippen molar-refractivity contribution in [1.29, 1.82) is 0 Å². The highest BCUT2D eigenvalue weighted by Crippen LogP contribution is 2.30. The van der Waals surface area contributed by atoms with E-state index in [4.69, 9.17) is 28.9 Å². The Labute approximate surface area is 154 Å². The molecule has 0 aliphatic rings. The Kier molecular flexibility index (Phi) is 7.38. The zero-order valence-electron chi connectivity index (χ0n) is 11.6. The fourth-order valence-electron chi connectivity index (χ4n) is 1.39. The molecule has 2 nitrogen and oxygen atoms in total. The van der Waals surface area contributed by atoms with E-state index >= 15 is 0 Å². The molecule has 0 aliphatic carbocycles. The Morgan fingerprint density at radius 1 is 0.909 bits per heavy atom. The molecule has 0 amide bonds. The lowest BCUT2D eigenvalue weighted by Crippen LogP contribution is -2.09. The van der Waals surface area contributed by atoms with Crippen LogP contribution in [0.2, 0.25) is 10.0 Å². The molecule has 0 aromatic heterocycles. The topological polar surface area (TPSA) is 29.3 Å². The number of benzene rings is 2. The van der Waals surface area contributed by atoms with E-state index in [0.29, 0.717) is 14.6 Å². The molecule has 22 heavy (non-hydrogen) atoms. The maximum Gasteiger partial charge on any atom is 0.143 e. The predicted molar refractivity (Wildman–Crippen MR) is 97.0 cm³/mol. The highest BCUT2D eigenvalue weighted by atomic mass is 79.9. The lowest BCUT2D eigenvalue weighted by molar-refractivity contribution is 0.627. The van der Waals surface area contributed by atoms with Crippen LogP contribution < -0.4 is 10.6 Å². The molecule has 2 rings (SSSR count). The molecule has 0 saturated carbocycles. The fourth-order valence-corrected chi connectivity index (χ4v) is 2.71. The molecule has 2 aromatic carbocycles. The maximum absolute atomic E-state index is 12.8. The molecule has 0 fully saturated rings. The number of anilines is 2. The third-order valence-electron chi connectivity index (χ3n) is 2.51. The molecule has 8 heteroatoms. The monoisotopic (exact) mass is 474 g/mol. The van der Waals surface area contributed by atoms with Crippen LogP contribution in [0.4, 0.5) is 20.2 Å². The van der Waals surface area contributed by atoms with E-state index in [2.05, 4.69) is 31.9 Å². The first kappa shape index (κ1) is 19.5. The normalized spacial score (nSPS) is 10.0. The van der Waals surface area contributed by atoms with Crippen molar-refractivity contribution < 1.29 is 8.78 Å². The molecule has 0 heterocycles. The summed E-state index contributed by atoms with van der Waals surface area (Å²) in [5, 5.41) is 0.183. The molecule has 120 valence electrons. The molecule has 0 radical (unpaired) electrons. The van der Waals surface area contributed by atoms with Crippen molar-refractivity contribution in [3.05, 3.63) is 54.9 Å². The van der Waals surface area contributed by atoms with Gasteiger partial charge in [-0.25, -0.2) is 8.78 Å². The highest BCUT2D eigenvalue weighted by Gasteiger charge is 2.07. The average Bonchev–Trinajstić information content (AvgIpc) is 2.41. The second-order valence-corrected chi connectivity index (χ2v) is 6.92. The zero-order chi connectivity index (χ0) is 17.0. The predicted octanol–water partition coefficient (Wildman–Crippen LogP) is 6.13. The average molecular weight is 477 g/mol. The van der Waals surface area contributed by atoms with Crippen LogP contribution >= 0.6 is 55.1 Å². The van der Waals surface area contributed by atoms with E-state index in [1.54, 1.807) is 6.07 Å². The summed E-state index contributed by atoms with van der Waals surface area (Å²) in [6, 6.07) is 5.54. The number of hydrogen-bond donors (Lipinski definition) is 1. The highest BCUT2D eigenvalue weighted by molar-refractivity contribution is 9.11. The van der Waals surface area contributed by atoms with E-state index < -0.39 is 11.6 Å². The van der Waals surface area contributed by atoms with Crippen molar-refractivity contribution in [1.82, 2.24) is 0 Å². The van der Waals surface area contributed by atoms with Crippen LogP contribution in [0.3, 0.4) is 0 Å². The third-order valence-corrected chi connectivity index (χ3v) is 4.41. The van der Waals surface area contributed by atoms with Crippen molar-refractivity contribution in [2.45, 2.75) is 0 Å². The molecular weight excluding hydrogens is 465 g/mol. The number of halogens is 6. The number of rotatable bonds is 1. The minimum absolute atomic E-state index is 0.0423. The van der Waals surface area contributed by atoms with E-state index in [1.807, 2.05) is 19.0 Å².